The summed E-state index contributed by atoms with van der Waals surface area (Å²) >= 11 is 0. The van der Waals surface area contributed by atoms with Crippen molar-refractivity contribution in [1.82, 2.24) is 0 Å². The average Bonchev–Trinajstić information content (AvgIpc) is 2.81. The van der Waals surface area contributed by atoms with Gasteiger partial charge in [-0.2, -0.15) is 5.26 Å². The number of rotatable bonds is 8. The molecule has 0 aliphatic carbocycles. The van der Waals surface area contributed by atoms with Gasteiger partial charge in [-0.15, -0.1) is 0 Å². The van der Waals surface area contributed by atoms with Crippen LogP contribution in [-0.2, 0) is 6.61 Å². The molecule has 31 heavy (non-hydrogen) atoms. The van der Waals surface area contributed by atoms with Crippen LogP contribution in [0.15, 0.2) is 66.7 Å². The van der Waals surface area contributed by atoms with Gasteiger partial charge in [-0.05, 0) is 65.2 Å². The maximum Gasteiger partial charge on any atom is 0.269 e. The SMILES string of the molecule is COc1ccc(/C(C#N)=C/c2cccc(OCc3ccc([N+](=O)[O-])cc3)c2)cc1OC. The maximum atomic E-state index is 10.7. The standard InChI is InChI=1S/C24H20N2O5/c1-29-23-11-8-19(14-24(23)30-2)20(15-25)12-18-4-3-5-22(13-18)31-16-17-6-9-21(10-7-17)26(27)28/h3-14H,16H2,1-2H3/b20-12+. The number of non-ortho nitro benzene ring substituents is 1. The van der Waals surface area contributed by atoms with Gasteiger partial charge in [0.05, 0.1) is 30.8 Å². The number of nitro benzene ring substituents is 1. The van der Waals surface area contributed by atoms with Crippen molar-refractivity contribution in [3.63, 3.8) is 0 Å². The van der Waals surface area contributed by atoms with Crippen LogP contribution < -0.4 is 14.2 Å². The van der Waals surface area contributed by atoms with Crippen LogP contribution in [0.3, 0.4) is 0 Å². The molecule has 0 atom stereocenters. The highest BCUT2D eigenvalue weighted by molar-refractivity contribution is 5.90. The van der Waals surface area contributed by atoms with Crippen LogP contribution in [0.25, 0.3) is 11.6 Å². The zero-order valence-electron chi connectivity index (χ0n) is 17.1. The molecule has 0 aliphatic rings. The Kier molecular flexibility index (Phi) is 6.86. The monoisotopic (exact) mass is 416 g/mol. The summed E-state index contributed by atoms with van der Waals surface area (Å²) in [6.45, 7) is 0.270. The van der Waals surface area contributed by atoms with E-state index in [2.05, 4.69) is 6.07 Å². The van der Waals surface area contributed by atoms with Gasteiger partial charge in [-0.3, -0.25) is 10.1 Å². The van der Waals surface area contributed by atoms with Crippen molar-refractivity contribution in [3.05, 3.63) is 93.5 Å². The van der Waals surface area contributed by atoms with Gasteiger partial charge in [0.15, 0.2) is 11.5 Å². The van der Waals surface area contributed by atoms with Gasteiger partial charge in [0, 0.05) is 12.1 Å². The molecule has 0 radical (unpaired) electrons. The van der Waals surface area contributed by atoms with Gasteiger partial charge in [0.1, 0.15) is 12.4 Å². The second-order valence-electron chi connectivity index (χ2n) is 6.52. The number of nitriles is 1. The van der Waals surface area contributed by atoms with Gasteiger partial charge in [0.25, 0.3) is 5.69 Å². The average molecular weight is 416 g/mol. The Labute approximate surface area is 179 Å². The van der Waals surface area contributed by atoms with Gasteiger partial charge in [-0.25, -0.2) is 0 Å². The first-order valence-electron chi connectivity index (χ1n) is 9.34. The minimum absolute atomic E-state index is 0.0371. The Morgan fingerprint density at radius 1 is 1.03 bits per heavy atom. The number of nitro groups is 1. The van der Waals surface area contributed by atoms with Gasteiger partial charge in [0.2, 0.25) is 0 Å². The van der Waals surface area contributed by atoms with Crippen molar-refractivity contribution >= 4 is 17.3 Å². The molecule has 0 aromatic heterocycles. The number of ether oxygens (including phenoxy) is 3. The number of hydrogen-bond donors (Lipinski definition) is 0. The molecule has 3 aromatic rings. The highest BCUT2D eigenvalue weighted by Gasteiger charge is 2.09. The van der Waals surface area contributed by atoms with Crippen LogP contribution in [-0.4, -0.2) is 19.1 Å². The minimum Gasteiger partial charge on any atom is -0.493 e. The quantitative estimate of drug-likeness (QED) is 0.215. The minimum atomic E-state index is -0.439. The Hall–Kier alpha value is -4.31. The van der Waals surface area contributed by atoms with E-state index in [1.165, 1.54) is 12.1 Å². The summed E-state index contributed by atoms with van der Waals surface area (Å²) in [5.41, 5.74) is 2.82. The van der Waals surface area contributed by atoms with Gasteiger partial charge >= 0.3 is 0 Å². The van der Waals surface area contributed by atoms with Crippen molar-refractivity contribution < 1.29 is 19.1 Å². The van der Waals surface area contributed by atoms with Gasteiger partial charge in [-0.1, -0.05) is 12.1 Å². The lowest BCUT2D eigenvalue weighted by Crippen LogP contribution is -1.96. The van der Waals surface area contributed by atoms with Crippen LogP contribution in [0.4, 0.5) is 5.69 Å². The summed E-state index contributed by atoms with van der Waals surface area (Å²) in [6, 6.07) is 21.1. The molecule has 0 heterocycles. The van der Waals surface area contributed by atoms with E-state index in [1.807, 2.05) is 24.3 Å². The van der Waals surface area contributed by atoms with Crippen LogP contribution in [0.5, 0.6) is 17.2 Å². The largest absolute Gasteiger partial charge is 0.493 e. The van der Waals surface area contributed by atoms with Crippen molar-refractivity contribution in [3.8, 4) is 23.3 Å². The summed E-state index contributed by atoms with van der Waals surface area (Å²) in [7, 11) is 3.10. The summed E-state index contributed by atoms with van der Waals surface area (Å²) in [5, 5.41) is 20.4. The van der Waals surface area contributed by atoms with Crippen LogP contribution in [0.2, 0.25) is 0 Å². The molecule has 0 N–H and O–H groups in total. The van der Waals surface area contributed by atoms with E-state index >= 15 is 0 Å². The molecule has 0 saturated carbocycles. The first kappa shape index (κ1) is 21.4. The smallest absolute Gasteiger partial charge is 0.269 e. The summed E-state index contributed by atoms with van der Waals surface area (Å²) in [5.74, 6) is 1.75. The lowest BCUT2D eigenvalue weighted by atomic mass is 10.0. The second kappa shape index (κ2) is 9.94. The fraction of sp³-hybridized carbons (Fsp3) is 0.125. The summed E-state index contributed by atoms with van der Waals surface area (Å²) in [4.78, 5) is 10.3. The Morgan fingerprint density at radius 3 is 2.42 bits per heavy atom. The van der Waals surface area contributed by atoms with Gasteiger partial charge < -0.3 is 14.2 Å². The summed E-state index contributed by atoms with van der Waals surface area (Å²) < 4.78 is 16.4. The Bertz CT molecular complexity index is 1150. The topological polar surface area (TPSA) is 94.6 Å². The second-order valence-corrected chi connectivity index (χ2v) is 6.52. The molecular weight excluding hydrogens is 396 g/mol. The molecule has 0 bridgehead atoms. The Balaban J connectivity index is 1.77. The first-order chi connectivity index (χ1) is 15.0. The maximum absolute atomic E-state index is 10.7. The van der Waals surface area contributed by atoms with E-state index in [0.717, 1.165) is 11.1 Å². The van der Waals surface area contributed by atoms with Crippen molar-refractivity contribution in [1.29, 1.82) is 5.26 Å². The van der Waals surface area contributed by atoms with E-state index in [-0.39, 0.29) is 12.3 Å². The molecular formula is C24H20N2O5. The molecule has 3 aromatic carbocycles. The van der Waals surface area contributed by atoms with Crippen LogP contribution in [0.1, 0.15) is 16.7 Å². The predicted molar refractivity (Wildman–Crippen MR) is 117 cm³/mol. The zero-order chi connectivity index (χ0) is 22.2. The van der Waals surface area contributed by atoms with E-state index in [1.54, 1.807) is 50.6 Å². The van der Waals surface area contributed by atoms with Crippen LogP contribution in [0, 0.1) is 21.4 Å². The van der Waals surface area contributed by atoms with E-state index in [0.29, 0.717) is 28.4 Å². The summed E-state index contributed by atoms with van der Waals surface area (Å²) in [6.07, 6.45) is 1.76. The molecule has 0 aliphatic heterocycles. The van der Waals surface area contributed by atoms with Crippen molar-refractivity contribution in [2.24, 2.45) is 0 Å². The molecule has 0 fully saturated rings. The number of hydrogen-bond acceptors (Lipinski definition) is 6. The number of methoxy groups -OCH3 is 2. The van der Waals surface area contributed by atoms with Crippen molar-refractivity contribution in [2.45, 2.75) is 6.61 Å². The lowest BCUT2D eigenvalue weighted by Gasteiger charge is -2.09. The van der Waals surface area contributed by atoms with Crippen molar-refractivity contribution in [2.75, 3.05) is 14.2 Å². The third-order valence-electron chi connectivity index (χ3n) is 4.54. The fourth-order valence-electron chi connectivity index (χ4n) is 2.93. The molecule has 0 saturated heterocycles. The molecule has 3 rings (SSSR count). The van der Waals surface area contributed by atoms with E-state index in [9.17, 15) is 15.4 Å². The predicted octanol–water partition coefficient (Wildman–Crippen LogP) is 5.26. The van der Waals surface area contributed by atoms with E-state index in [4.69, 9.17) is 14.2 Å². The molecule has 0 spiro atoms. The molecule has 7 nitrogen and oxygen atoms in total. The molecule has 0 amide bonds. The number of nitrogens with zero attached hydrogens (tertiary/aromatic N) is 2. The lowest BCUT2D eigenvalue weighted by molar-refractivity contribution is -0.384. The third-order valence-corrected chi connectivity index (χ3v) is 4.54. The van der Waals surface area contributed by atoms with Crippen LogP contribution >= 0.6 is 0 Å². The normalized spacial score (nSPS) is 10.8. The number of allylic oxidation sites excluding steroid dienone is 1. The molecule has 0 unspecified atom stereocenters. The van der Waals surface area contributed by atoms with E-state index < -0.39 is 4.92 Å². The highest BCUT2D eigenvalue weighted by atomic mass is 16.6. The first-order valence-corrected chi connectivity index (χ1v) is 9.34. The molecule has 156 valence electrons. The zero-order valence-corrected chi connectivity index (χ0v) is 17.1. The number of benzene rings is 3. The Morgan fingerprint density at radius 2 is 1.77 bits per heavy atom. The highest BCUT2D eigenvalue weighted by Crippen LogP contribution is 2.31. The molecule has 7 heteroatoms. The third kappa shape index (κ3) is 5.40. The fourth-order valence-corrected chi connectivity index (χ4v) is 2.93.